The molecule has 84 valence electrons. The summed E-state index contributed by atoms with van der Waals surface area (Å²) in [5.74, 6) is 0.506. The molecule has 3 aromatic rings. The molecular formula is C12H9N3OS. The van der Waals surface area contributed by atoms with Crippen LogP contribution in [0.25, 0.3) is 11.1 Å². The average Bonchev–Trinajstić information content (AvgIpc) is 2.74. The van der Waals surface area contributed by atoms with E-state index in [9.17, 15) is 0 Å². The van der Waals surface area contributed by atoms with Crippen molar-refractivity contribution in [2.24, 2.45) is 0 Å². The fourth-order valence-electron chi connectivity index (χ4n) is 1.45. The van der Waals surface area contributed by atoms with Crippen LogP contribution in [-0.2, 0) is 0 Å². The van der Waals surface area contributed by atoms with Gasteiger partial charge < -0.3 is 10.2 Å². The van der Waals surface area contributed by atoms with Gasteiger partial charge in [0.05, 0.1) is 0 Å². The predicted octanol–water partition coefficient (Wildman–Crippen LogP) is 2.96. The summed E-state index contributed by atoms with van der Waals surface area (Å²) in [7, 11) is 0. The summed E-state index contributed by atoms with van der Waals surface area (Å²) in [6, 6.07) is 11.3. The molecule has 0 aliphatic heterocycles. The van der Waals surface area contributed by atoms with Crippen LogP contribution in [0.2, 0.25) is 0 Å². The van der Waals surface area contributed by atoms with Crippen LogP contribution in [-0.4, -0.2) is 9.97 Å². The van der Waals surface area contributed by atoms with Crippen molar-refractivity contribution in [3.63, 3.8) is 0 Å². The maximum Gasteiger partial charge on any atom is 0.261 e. The molecule has 17 heavy (non-hydrogen) atoms. The lowest BCUT2D eigenvalue weighted by Crippen LogP contribution is -1.87. The van der Waals surface area contributed by atoms with Crippen molar-refractivity contribution in [1.82, 2.24) is 9.97 Å². The van der Waals surface area contributed by atoms with Gasteiger partial charge >= 0.3 is 0 Å². The lowest BCUT2D eigenvalue weighted by atomic mass is 10.3. The number of aromatic nitrogens is 2. The van der Waals surface area contributed by atoms with E-state index in [0.717, 1.165) is 16.0 Å². The van der Waals surface area contributed by atoms with Crippen LogP contribution in [0.15, 0.2) is 57.1 Å². The Morgan fingerprint density at radius 1 is 1.12 bits per heavy atom. The maximum absolute atomic E-state index is 5.60. The van der Waals surface area contributed by atoms with Gasteiger partial charge in [0, 0.05) is 11.1 Å². The highest BCUT2D eigenvalue weighted by Gasteiger charge is 2.06. The largest absolute Gasteiger partial charge is 0.431 e. The van der Waals surface area contributed by atoms with Gasteiger partial charge in [0.25, 0.3) is 5.22 Å². The molecule has 0 radical (unpaired) electrons. The topological polar surface area (TPSA) is 64.9 Å². The molecule has 2 aromatic heterocycles. The Kier molecular flexibility index (Phi) is 2.45. The molecule has 0 fully saturated rings. The van der Waals surface area contributed by atoms with E-state index >= 15 is 0 Å². The molecule has 0 saturated heterocycles. The van der Waals surface area contributed by atoms with Gasteiger partial charge in [-0.05, 0) is 36.0 Å². The second kappa shape index (κ2) is 4.10. The zero-order chi connectivity index (χ0) is 11.7. The number of pyridine rings is 1. The summed E-state index contributed by atoms with van der Waals surface area (Å²) in [5.41, 5.74) is 7.17. The lowest BCUT2D eigenvalue weighted by Gasteiger charge is -1.96. The Morgan fingerprint density at radius 3 is 2.76 bits per heavy atom. The zero-order valence-electron chi connectivity index (χ0n) is 8.83. The maximum atomic E-state index is 5.60. The number of para-hydroxylation sites is 2. The minimum absolute atomic E-state index is 0.506. The van der Waals surface area contributed by atoms with Gasteiger partial charge in [-0.25, -0.2) is 9.97 Å². The molecule has 4 nitrogen and oxygen atoms in total. The summed E-state index contributed by atoms with van der Waals surface area (Å²) in [6.07, 6.45) is 1.70. The van der Waals surface area contributed by atoms with Crippen LogP contribution >= 0.6 is 11.8 Å². The van der Waals surface area contributed by atoms with Gasteiger partial charge in [-0.3, -0.25) is 0 Å². The molecule has 0 bridgehead atoms. The lowest BCUT2D eigenvalue weighted by molar-refractivity contribution is 0.489. The monoisotopic (exact) mass is 243 g/mol. The van der Waals surface area contributed by atoms with E-state index in [-0.39, 0.29) is 0 Å². The number of fused-ring (bicyclic) bond motifs is 1. The summed E-state index contributed by atoms with van der Waals surface area (Å²) in [4.78, 5) is 9.33. The molecular weight excluding hydrogens is 234 g/mol. The van der Waals surface area contributed by atoms with Crippen molar-refractivity contribution in [3.05, 3.63) is 42.6 Å². The molecule has 0 spiro atoms. The number of benzene rings is 1. The first-order chi connectivity index (χ1) is 8.31. The van der Waals surface area contributed by atoms with Gasteiger partial charge in [0.15, 0.2) is 5.58 Å². The van der Waals surface area contributed by atoms with E-state index in [1.165, 1.54) is 11.8 Å². The zero-order valence-corrected chi connectivity index (χ0v) is 9.65. The molecule has 1 aromatic carbocycles. The Balaban J connectivity index is 1.92. The third-order valence-corrected chi connectivity index (χ3v) is 3.07. The highest BCUT2D eigenvalue weighted by Crippen LogP contribution is 2.29. The van der Waals surface area contributed by atoms with Crippen LogP contribution in [0.5, 0.6) is 0 Å². The molecule has 2 N–H and O–H groups in total. The van der Waals surface area contributed by atoms with E-state index in [2.05, 4.69) is 9.97 Å². The Hall–Kier alpha value is -2.01. The fraction of sp³-hybridized carbons (Fsp3) is 0. The van der Waals surface area contributed by atoms with Crippen molar-refractivity contribution >= 4 is 28.7 Å². The summed E-state index contributed by atoms with van der Waals surface area (Å²) >= 11 is 1.43. The smallest absolute Gasteiger partial charge is 0.261 e. The second-order valence-corrected chi connectivity index (χ2v) is 4.49. The summed E-state index contributed by atoms with van der Waals surface area (Å²) in [5, 5.41) is 0.609. The Labute approximate surface area is 102 Å². The van der Waals surface area contributed by atoms with Gasteiger partial charge in [0.1, 0.15) is 11.3 Å². The first-order valence-electron chi connectivity index (χ1n) is 5.06. The van der Waals surface area contributed by atoms with Crippen molar-refractivity contribution < 1.29 is 4.42 Å². The van der Waals surface area contributed by atoms with Crippen LogP contribution in [0.1, 0.15) is 0 Å². The third kappa shape index (κ3) is 2.09. The highest BCUT2D eigenvalue weighted by atomic mass is 32.2. The van der Waals surface area contributed by atoms with Crippen molar-refractivity contribution in [1.29, 1.82) is 0 Å². The first kappa shape index (κ1) is 10.2. The number of anilines is 1. The van der Waals surface area contributed by atoms with Gasteiger partial charge in [-0.2, -0.15) is 0 Å². The molecule has 0 atom stereocenters. The fourth-order valence-corrected chi connectivity index (χ4v) is 2.17. The van der Waals surface area contributed by atoms with Crippen LogP contribution < -0.4 is 5.73 Å². The molecule has 0 saturated carbocycles. The Morgan fingerprint density at radius 2 is 2.00 bits per heavy atom. The molecule has 5 heteroatoms. The normalized spacial score (nSPS) is 10.8. The van der Waals surface area contributed by atoms with Crippen molar-refractivity contribution in [2.75, 3.05) is 5.73 Å². The van der Waals surface area contributed by atoms with E-state index in [4.69, 9.17) is 10.2 Å². The molecule has 0 aliphatic rings. The highest BCUT2D eigenvalue weighted by molar-refractivity contribution is 7.99. The average molecular weight is 243 g/mol. The molecule has 0 amide bonds. The van der Waals surface area contributed by atoms with E-state index in [1.807, 2.05) is 30.3 Å². The van der Waals surface area contributed by atoms with Gasteiger partial charge in [-0.15, -0.1) is 0 Å². The van der Waals surface area contributed by atoms with E-state index < -0.39 is 0 Å². The Bertz CT molecular complexity index is 615. The van der Waals surface area contributed by atoms with E-state index in [1.54, 1.807) is 12.3 Å². The number of nitrogen functional groups attached to an aromatic ring is 1. The molecule has 2 heterocycles. The first-order valence-corrected chi connectivity index (χ1v) is 5.88. The van der Waals surface area contributed by atoms with Crippen LogP contribution in [0.4, 0.5) is 5.82 Å². The van der Waals surface area contributed by atoms with Crippen LogP contribution in [0.3, 0.4) is 0 Å². The standard InChI is InChI=1S/C12H9N3OS/c13-11-6-5-8(7-14-11)17-12-15-9-3-1-2-4-10(9)16-12/h1-7H,(H2,13,14). The number of hydrogen-bond acceptors (Lipinski definition) is 5. The number of oxazole rings is 1. The van der Waals surface area contributed by atoms with Crippen molar-refractivity contribution in [2.45, 2.75) is 10.1 Å². The van der Waals surface area contributed by atoms with Gasteiger partial charge in [-0.1, -0.05) is 12.1 Å². The summed E-state index contributed by atoms with van der Waals surface area (Å²) < 4.78 is 5.60. The minimum atomic E-state index is 0.506. The molecule has 0 aliphatic carbocycles. The quantitative estimate of drug-likeness (QED) is 0.749. The predicted molar refractivity (Wildman–Crippen MR) is 66.8 cm³/mol. The third-order valence-electron chi connectivity index (χ3n) is 2.24. The van der Waals surface area contributed by atoms with Crippen LogP contribution in [0, 0.1) is 0 Å². The van der Waals surface area contributed by atoms with Crippen molar-refractivity contribution in [3.8, 4) is 0 Å². The number of hydrogen-bond donors (Lipinski definition) is 1. The number of nitrogens with two attached hydrogens (primary N) is 1. The second-order valence-electron chi connectivity index (χ2n) is 3.47. The number of nitrogens with zero attached hydrogens (tertiary/aromatic N) is 2. The minimum Gasteiger partial charge on any atom is -0.431 e. The summed E-state index contributed by atoms with van der Waals surface area (Å²) in [6.45, 7) is 0. The SMILES string of the molecule is Nc1ccc(Sc2nc3ccccc3o2)cn1. The van der Waals surface area contributed by atoms with Gasteiger partial charge in [0.2, 0.25) is 0 Å². The molecule has 0 unspecified atom stereocenters. The molecule has 3 rings (SSSR count). The number of rotatable bonds is 2. The van der Waals surface area contributed by atoms with E-state index in [0.29, 0.717) is 11.0 Å².